The largest absolute Gasteiger partial charge is 0.378 e. The fourth-order valence-electron chi connectivity index (χ4n) is 3.89. The predicted octanol–water partition coefficient (Wildman–Crippen LogP) is 1.51. The molecule has 0 aromatic rings. The molecule has 1 saturated carbocycles. The molecule has 3 fully saturated rings. The molecule has 0 aromatic heterocycles. The monoisotopic (exact) mass is 480 g/mol. The van der Waals surface area contributed by atoms with Gasteiger partial charge >= 0.3 is 0 Å². The van der Waals surface area contributed by atoms with Crippen LogP contribution in [0, 0.1) is 0 Å². The highest BCUT2D eigenvalue weighted by Crippen LogP contribution is 2.32. The molecule has 0 bridgehead atoms. The summed E-state index contributed by atoms with van der Waals surface area (Å²) in [6.07, 6.45) is 7.72. The van der Waals surface area contributed by atoms with Crippen molar-refractivity contribution in [3.05, 3.63) is 0 Å². The number of carbonyl (C=O) groups is 1. The predicted molar refractivity (Wildman–Crippen MR) is 112 cm³/mol. The number of nitrogens with one attached hydrogen (secondary N) is 2. The van der Waals surface area contributed by atoms with E-state index in [0.717, 1.165) is 38.4 Å². The van der Waals surface area contributed by atoms with Crippen LogP contribution in [0.1, 0.15) is 44.9 Å². The number of aliphatic imine (C=N–C) groups is 1. The Bertz CT molecular complexity index is 489. The Labute approximate surface area is 173 Å². The first kappa shape index (κ1) is 21.7. The van der Waals surface area contributed by atoms with Crippen molar-refractivity contribution in [2.75, 3.05) is 40.5 Å². The van der Waals surface area contributed by atoms with Crippen molar-refractivity contribution >= 4 is 35.8 Å². The molecule has 26 heavy (non-hydrogen) atoms. The van der Waals surface area contributed by atoms with Crippen LogP contribution in [-0.2, 0) is 14.3 Å². The van der Waals surface area contributed by atoms with Gasteiger partial charge in [-0.1, -0.05) is 12.8 Å². The van der Waals surface area contributed by atoms with E-state index in [2.05, 4.69) is 15.6 Å². The van der Waals surface area contributed by atoms with E-state index in [-0.39, 0.29) is 42.0 Å². The molecule has 0 radical (unpaired) electrons. The molecule has 2 N–H and O–H groups in total. The van der Waals surface area contributed by atoms with Gasteiger partial charge in [-0.3, -0.25) is 4.79 Å². The lowest BCUT2D eigenvalue weighted by Crippen LogP contribution is -2.53. The summed E-state index contributed by atoms with van der Waals surface area (Å²) >= 11 is 0. The normalized spacial score (nSPS) is 29.5. The van der Waals surface area contributed by atoms with Crippen molar-refractivity contribution in [3.63, 3.8) is 0 Å². The summed E-state index contributed by atoms with van der Waals surface area (Å²) in [6, 6.07) is 0.766. The molecule has 1 aliphatic carbocycles. The summed E-state index contributed by atoms with van der Waals surface area (Å²) in [6.45, 7) is 2.39. The lowest BCUT2D eigenvalue weighted by Gasteiger charge is -2.38. The van der Waals surface area contributed by atoms with Crippen molar-refractivity contribution in [1.82, 2.24) is 15.5 Å². The van der Waals surface area contributed by atoms with Gasteiger partial charge < -0.3 is 25.0 Å². The maximum Gasteiger partial charge on any atom is 0.243 e. The Kier molecular flexibility index (Phi) is 8.41. The van der Waals surface area contributed by atoms with Gasteiger partial charge in [-0.25, -0.2) is 4.99 Å². The second-order valence-electron chi connectivity index (χ2n) is 7.75. The highest BCUT2D eigenvalue weighted by atomic mass is 127. The van der Waals surface area contributed by atoms with Gasteiger partial charge in [0.05, 0.1) is 12.2 Å². The van der Waals surface area contributed by atoms with Crippen LogP contribution in [-0.4, -0.2) is 74.9 Å². The van der Waals surface area contributed by atoms with E-state index in [1.54, 1.807) is 19.0 Å². The molecule has 150 valence electrons. The zero-order valence-electron chi connectivity index (χ0n) is 16.0. The van der Waals surface area contributed by atoms with Gasteiger partial charge in [-0.15, -0.1) is 24.0 Å². The number of halogens is 1. The minimum atomic E-state index is -0.131. The topological polar surface area (TPSA) is 75.2 Å². The molecular weight excluding hydrogens is 447 g/mol. The average molecular weight is 480 g/mol. The van der Waals surface area contributed by atoms with Crippen LogP contribution in [0.3, 0.4) is 0 Å². The lowest BCUT2D eigenvalue weighted by molar-refractivity contribution is -0.127. The van der Waals surface area contributed by atoms with Gasteiger partial charge in [0.15, 0.2) is 5.96 Å². The number of carbonyl (C=O) groups excluding carboxylic acids is 1. The van der Waals surface area contributed by atoms with Crippen LogP contribution < -0.4 is 10.6 Å². The third-order valence-corrected chi connectivity index (χ3v) is 5.47. The van der Waals surface area contributed by atoms with Gasteiger partial charge in [0.2, 0.25) is 5.91 Å². The van der Waals surface area contributed by atoms with E-state index < -0.39 is 0 Å². The maximum absolute atomic E-state index is 11.9. The van der Waals surface area contributed by atoms with Crippen LogP contribution in [0.4, 0.5) is 0 Å². The van der Waals surface area contributed by atoms with Crippen molar-refractivity contribution < 1.29 is 14.3 Å². The molecule has 2 unspecified atom stereocenters. The number of guanidine groups is 1. The van der Waals surface area contributed by atoms with Crippen LogP contribution in [0.2, 0.25) is 0 Å². The molecular formula is C18H33IN4O3. The number of hydrogen-bond acceptors (Lipinski definition) is 4. The van der Waals surface area contributed by atoms with Gasteiger partial charge in [-0.05, 0) is 25.7 Å². The molecule has 3 rings (SSSR count). The molecule has 8 heteroatoms. The Morgan fingerprint density at radius 3 is 2.54 bits per heavy atom. The van der Waals surface area contributed by atoms with E-state index in [9.17, 15) is 4.79 Å². The molecule has 7 nitrogen and oxygen atoms in total. The van der Waals surface area contributed by atoms with Gasteiger partial charge in [0.1, 0.15) is 6.54 Å². The molecule has 2 atom stereocenters. The molecule has 3 aliphatic rings. The molecule has 0 aromatic carbocycles. The van der Waals surface area contributed by atoms with E-state index in [1.165, 1.54) is 25.7 Å². The fourth-order valence-corrected chi connectivity index (χ4v) is 3.89. The molecule has 2 heterocycles. The number of rotatable bonds is 4. The van der Waals surface area contributed by atoms with Crippen LogP contribution in [0.15, 0.2) is 4.99 Å². The summed E-state index contributed by atoms with van der Waals surface area (Å²) < 4.78 is 11.6. The van der Waals surface area contributed by atoms with Crippen LogP contribution in [0.25, 0.3) is 0 Å². The van der Waals surface area contributed by atoms with Gasteiger partial charge in [0.25, 0.3) is 0 Å². The van der Waals surface area contributed by atoms with Crippen LogP contribution >= 0.6 is 24.0 Å². The minimum Gasteiger partial charge on any atom is -0.378 e. The smallest absolute Gasteiger partial charge is 0.243 e. The quantitative estimate of drug-likeness (QED) is 0.363. The molecule has 2 saturated heterocycles. The summed E-state index contributed by atoms with van der Waals surface area (Å²) in [4.78, 5) is 18.0. The first-order valence-corrected chi connectivity index (χ1v) is 9.56. The van der Waals surface area contributed by atoms with Gasteiger partial charge in [-0.2, -0.15) is 0 Å². The summed E-state index contributed by atoms with van der Waals surface area (Å²) in [7, 11) is 3.52. The first-order chi connectivity index (χ1) is 12.1. The third-order valence-electron chi connectivity index (χ3n) is 5.47. The summed E-state index contributed by atoms with van der Waals surface area (Å²) in [5.74, 6) is 0.781. The van der Waals surface area contributed by atoms with E-state index in [4.69, 9.17) is 9.47 Å². The van der Waals surface area contributed by atoms with Crippen molar-refractivity contribution in [1.29, 1.82) is 0 Å². The van der Waals surface area contributed by atoms with Crippen molar-refractivity contribution in [2.45, 2.75) is 62.6 Å². The van der Waals surface area contributed by atoms with E-state index in [0.29, 0.717) is 18.7 Å². The second-order valence-corrected chi connectivity index (χ2v) is 7.75. The Morgan fingerprint density at radius 1 is 1.15 bits per heavy atom. The van der Waals surface area contributed by atoms with Crippen molar-refractivity contribution in [3.8, 4) is 0 Å². The number of amides is 1. The summed E-state index contributed by atoms with van der Waals surface area (Å²) in [5.41, 5.74) is -0.131. The summed E-state index contributed by atoms with van der Waals surface area (Å²) in [5, 5.41) is 7.09. The Hall–Kier alpha value is -0.610. The zero-order chi connectivity index (χ0) is 17.7. The second kappa shape index (κ2) is 10.1. The fraction of sp³-hybridized carbons (Fsp3) is 0.889. The minimum absolute atomic E-state index is 0. The standard InChI is InChI=1S/C18H32N4O3.HI/c1-22(2)16(23)12-19-17(20-14-5-3-4-6-14)21-15-7-9-25-18(11-15)8-10-24-13-18;/h14-15H,3-13H2,1-2H3,(H2,19,20,21);1H. The highest BCUT2D eigenvalue weighted by Gasteiger charge is 2.41. The number of hydrogen-bond donors (Lipinski definition) is 2. The SMILES string of the molecule is CN(C)C(=O)CN=C(NC1CCCC1)NC1CCOC2(CCOC2)C1.I. The van der Waals surface area contributed by atoms with Crippen LogP contribution in [0.5, 0.6) is 0 Å². The molecule has 1 amide bonds. The van der Waals surface area contributed by atoms with E-state index >= 15 is 0 Å². The average Bonchev–Trinajstić information content (AvgIpc) is 3.25. The zero-order valence-corrected chi connectivity index (χ0v) is 18.3. The molecule has 1 spiro atoms. The Balaban J connectivity index is 0.00000243. The number of nitrogens with zero attached hydrogens (tertiary/aromatic N) is 2. The van der Waals surface area contributed by atoms with Crippen molar-refractivity contribution in [2.24, 2.45) is 4.99 Å². The third kappa shape index (κ3) is 5.95. The highest BCUT2D eigenvalue weighted by molar-refractivity contribution is 14.0. The van der Waals surface area contributed by atoms with Gasteiger partial charge in [0, 0.05) is 45.8 Å². The number of likely N-dealkylation sites (N-methyl/N-ethyl adjacent to an activating group) is 1. The maximum atomic E-state index is 11.9. The first-order valence-electron chi connectivity index (χ1n) is 9.56. The molecule has 2 aliphatic heterocycles. The van der Waals surface area contributed by atoms with E-state index in [1.807, 2.05) is 0 Å². The number of ether oxygens (including phenoxy) is 2. The Morgan fingerprint density at radius 2 is 1.88 bits per heavy atom. The lowest BCUT2D eigenvalue weighted by atomic mass is 9.90.